The van der Waals surface area contributed by atoms with Gasteiger partial charge >= 0.3 is 0 Å². The minimum Gasteiger partial charge on any atom is -0.364 e. The van der Waals surface area contributed by atoms with Crippen LogP contribution < -0.4 is 5.32 Å². The molecule has 3 rings (SSSR count). The van der Waals surface area contributed by atoms with E-state index in [0.29, 0.717) is 6.54 Å². The number of nitrogens with zero attached hydrogens (tertiary/aromatic N) is 3. The van der Waals surface area contributed by atoms with Crippen LogP contribution in [0.3, 0.4) is 0 Å². The Morgan fingerprint density at radius 1 is 1.15 bits per heavy atom. The first-order chi connectivity index (χ1) is 9.84. The van der Waals surface area contributed by atoms with E-state index in [9.17, 15) is 0 Å². The summed E-state index contributed by atoms with van der Waals surface area (Å²) < 4.78 is 6.96. The lowest BCUT2D eigenvalue weighted by Crippen LogP contribution is -2.16. The fraction of sp³-hybridized carbons (Fsp3) is 0.200. The summed E-state index contributed by atoms with van der Waals surface area (Å²) in [5, 5.41) is 7.22. The van der Waals surface area contributed by atoms with E-state index in [1.807, 2.05) is 37.4 Å². The molecule has 2 aromatic heterocycles. The Labute approximate surface area is 117 Å². The fourth-order valence-corrected chi connectivity index (χ4v) is 2.19. The number of para-hydroxylation sites is 1. The largest absolute Gasteiger partial charge is 0.364 e. The van der Waals surface area contributed by atoms with Gasteiger partial charge in [-0.25, -0.2) is 4.98 Å². The number of aryl methyl sites for hydroxylation is 1. The smallest absolute Gasteiger partial charge is 0.124 e. The highest BCUT2D eigenvalue weighted by Gasteiger charge is 2.08. The number of imidazole rings is 1. The second kappa shape index (κ2) is 5.71. The number of rotatable bonds is 5. The molecule has 0 saturated carbocycles. The van der Waals surface area contributed by atoms with Gasteiger partial charge in [0.2, 0.25) is 0 Å². The predicted molar refractivity (Wildman–Crippen MR) is 75.3 cm³/mol. The molecule has 0 saturated heterocycles. The average Bonchev–Trinajstić information content (AvgIpc) is 3.10. The zero-order chi connectivity index (χ0) is 13.8. The van der Waals surface area contributed by atoms with Crippen molar-refractivity contribution in [1.29, 1.82) is 0 Å². The summed E-state index contributed by atoms with van der Waals surface area (Å²) in [6.45, 7) is 3.41. The molecular weight excluding hydrogens is 252 g/mol. The molecule has 0 amide bonds. The fourth-order valence-electron chi connectivity index (χ4n) is 2.19. The Bertz CT molecular complexity index is 659. The highest BCUT2D eigenvalue weighted by molar-refractivity contribution is 5.35. The molecule has 1 N–H and O–H groups in total. The van der Waals surface area contributed by atoms with Gasteiger partial charge < -0.3 is 9.84 Å². The number of hydrogen-bond donors (Lipinski definition) is 1. The van der Waals surface area contributed by atoms with Gasteiger partial charge in [-0.15, -0.1) is 0 Å². The van der Waals surface area contributed by atoms with Crippen LogP contribution in [0.4, 0.5) is 0 Å². The van der Waals surface area contributed by atoms with Gasteiger partial charge in [-0.3, -0.25) is 4.57 Å². The van der Waals surface area contributed by atoms with Crippen LogP contribution in [0.25, 0.3) is 5.69 Å². The van der Waals surface area contributed by atoms with Gasteiger partial charge in [0, 0.05) is 24.8 Å². The molecule has 5 nitrogen and oxygen atoms in total. The summed E-state index contributed by atoms with van der Waals surface area (Å²) in [6, 6.07) is 12.1. The average molecular weight is 268 g/mol. The summed E-state index contributed by atoms with van der Waals surface area (Å²) in [6.07, 6.45) is 3.48. The number of nitrogens with one attached hydrogen (secondary N) is 1. The number of hydrogen-bond acceptors (Lipinski definition) is 4. The van der Waals surface area contributed by atoms with E-state index in [2.05, 4.69) is 32.2 Å². The van der Waals surface area contributed by atoms with Crippen LogP contribution in [0, 0.1) is 6.92 Å². The summed E-state index contributed by atoms with van der Waals surface area (Å²) in [5.41, 5.74) is 3.14. The molecule has 5 heteroatoms. The third kappa shape index (κ3) is 2.62. The maximum atomic E-state index is 4.81. The predicted octanol–water partition coefficient (Wildman–Crippen LogP) is 2.46. The first-order valence-corrected chi connectivity index (χ1v) is 6.53. The van der Waals surface area contributed by atoms with Crippen LogP contribution in [0.5, 0.6) is 0 Å². The lowest BCUT2D eigenvalue weighted by Gasteiger charge is -2.10. The Balaban J connectivity index is 1.74. The monoisotopic (exact) mass is 268 g/mol. The van der Waals surface area contributed by atoms with Crippen molar-refractivity contribution in [3.05, 3.63) is 66.1 Å². The SMILES string of the molecule is Cc1ncc(CNCc2ccon2)n1-c1ccccc1. The number of benzene rings is 1. The van der Waals surface area contributed by atoms with E-state index >= 15 is 0 Å². The highest BCUT2D eigenvalue weighted by Crippen LogP contribution is 2.14. The van der Waals surface area contributed by atoms with Gasteiger partial charge in [-0.2, -0.15) is 0 Å². The standard InChI is InChI=1S/C15H16N4O/c1-12-17-11-15(10-16-9-13-7-8-20-18-13)19(12)14-5-3-2-4-6-14/h2-8,11,16H,9-10H2,1H3. The number of aromatic nitrogens is 3. The molecule has 20 heavy (non-hydrogen) atoms. The van der Waals surface area contributed by atoms with Crippen molar-refractivity contribution in [3.63, 3.8) is 0 Å². The molecular formula is C15H16N4O. The quantitative estimate of drug-likeness (QED) is 0.772. The molecule has 0 aliphatic rings. The Morgan fingerprint density at radius 2 is 2.00 bits per heavy atom. The Kier molecular flexibility index (Phi) is 3.60. The highest BCUT2D eigenvalue weighted by atomic mass is 16.5. The van der Waals surface area contributed by atoms with Gasteiger partial charge in [-0.1, -0.05) is 23.4 Å². The van der Waals surface area contributed by atoms with E-state index in [1.165, 1.54) is 0 Å². The summed E-state index contributed by atoms with van der Waals surface area (Å²) in [5.74, 6) is 0.981. The molecule has 3 aromatic rings. The maximum absolute atomic E-state index is 4.81. The van der Waals surface area contributed by atoms with Crippen LogP contribution in [0.2, 0.25) is 0 Å². The van der Waals surface area contributed by atoms with E-state index < -0.39 is 0 Å². The van der Waals surface area contributed by atoms with E-state index in [1.54, 1.807) is 6.26 Å². The lowest BCUT2D eigenvalue weighted by molar-refractivity contribution is 0.408. The summed E-state index contributed by atoms with van der Waals surface area (Å²) in [7, 11) is 0. The van der Waals surface area contributed by atoms with Crippen molar-refractivity contribution in [1.82, 2.24) is 20.0 Å². The molecule has 0 radical (unpaired) electrons. The van der Waals surface area contributed by atoms with Crippen LogP contribution in [0.1, 0.15) is 17.2 Å². The second-order valence-electron chi connectivity index (χ2n) is 4.56. The van der Waals surface area contributed by atoms with Gasteiger partial charge in [0.05, 0.1) is 17.6 Å². The van der Waals surface area contributed by atoms with Crippen molar-refractivity contribution >= 4 is 0 Å². The first kappa shape index (κ1) is 12.6. The van der Waals surface area contributed by atoms with Crippen LogP contribution in [-0.4, -0.2) is 14.7 Å². The minimum absolute atomic E-state index is 0.676. The van der Waals surface area contributed by atoms with Gasteiger partial charge in [0.25, 0.3) is 0 Å². The van der Waals surface area contributed by atoms with Crippen molar-refractivity contribution < 1.29 is 4.52 Å². The molecule has 0 spiro atoms. The van der Waals surface area contributed by atoms with Crippen molar-refractivity contribution in [2.75, 3.05) is 0 Å². The summed E-state index contributed by atoms with van der Waals surface area (Å²) in [4.78, 5) is 4.40. The minimum atomic E-state index is 0.676. The molecule has 0 aliphatic carbocycles. The van der Waals surface area contributed by atoms with Gasteiger partial charge in [0.1, 0.15) is 12.1 Å². The normalized spacial score (nSPS) is 10.8. The molecule has 0 fully saturated rings. The Hall–Kier alpha value is -2.40. The molecule has 1 aromatic carbocycles. The third-order valence-electron chi connectivity index (χ3n) is 3.13. The molecule has 0 atom stereocenters. The zero-order valence-electron chi connectivity index (χ0n) is 11.3. The summed E-state index contributed by atoms with van der Waals surface area (Å²) >= 11 is 0. The molecule has 0 unspecified atom stereocenters. The van der Waals surface area contributed by atoms with Crippen LogP contribution in [0.15, 0.2) is 53.4 Å². The second-order valence-corrected chi connectivity index (χ2v) is 4.56. The third-order valence-corrected chi connectivity index (χ3v) is 3.13. The molecule has 2 heterocycles. The molecule has 0 aliphatic heterocycles. The first-order valence-electron chi connectivity index (χ1n) is 6.53. The van der Waals surface area contributed by atoms with Crippen LogP contribution in [-0.2, 0) is 13.1 Å². The van der Waals surface area contributed by atoms with Crippen molar-refractivity contribution in [3.8, 4) is 5.69 Å². The molecule has 102 valence electrons. The van der Waals surface area contributed by atoms with Crippen molar-refractivity contribution in [2.24, 2.45) is 0 Å². The van der Waals surface area contributed by atoms with Crippen molar-refractivity contribution in [2.45, 2.75) is 20.0 Å². The van der Waals surface area contributed by atoms with Gasteiger partial charge in [0.15, 0.2) is 0 Å². The lowest BCUT2D eigenvalue weighted by atomic mass is 10.3. The maximum Gasteiger partial charge on any atom is 0.124 e. The van der Waals surface area contributed by atoms with Gasteiger partial charge in [-0.05, 0) is 19.1 Å². The van der Waals surface area contributed by atoms with E-state index in [0.717, 1.165) is 29.4 Å². The zero-order valence-corrected chi connectivity index (χ0v) is 11.3. The topological polar surface area (TPSA) is 55.9 Å². The van der Waals surface area contributed by atoms with E-state index in [-0.39, 0.29) is 0 Å². The Morgan fingerprint density at radius 3 is 2.75 bits per heavy atom. The van der Waals surface area contributed by atoms with Crippen LogP contribution >= 0.6 is 0 Å². The van der Waals surface area contributed by atoms with E-state index in [4.69, 9.17) is 4.52 Å². The molecule has 0 bridgehead atoms.